The standard InChI is InChI=1S/C19H17N3O3S/c23-19(21-17-6-1-4-14-5-2-11-20-18(14)17)15-7-9-16(10-8-15)22-12-3-13-26(22,24)25/h1-2,4-11H,3,12-13H2,(H,21,23). The summed E-state index contributed by atoms with van der Waals surface area (Å²) in [5.74, 6) is -0.0949. The number of rotatable bonds is 3. The molecular formula is C19H17N3O3S. The number of fused-ring (bicyclic) bond motifs is 1. The number of amides is 1. The topological polar surface area (TPSA) is 79.4 Å². The minimum atomic E-state index is -3.22. The molecule has 0 radical (unpaired) electrons. The molecule has 0 bridgehead atoms. The van der Waals surface area contributed by atoms with Gasteiger partial charge in [-0.3, -0.25) is 14.1 Å². The van der Waals surface area contributed by atoms with E-state index in [1.807, 2.05) is 24.3 Å². The fourth-order valence-corrected chi connectivity index (χ4v) is 4.67. The van der Waals surface area contributed by atoms with E-state index in [9.17, 15) is 13.2 Å². The molecule has 0 unspecified atom stereocenters. The Balaban J connectivity index is 1.57. The Hall–Kier alpha value is -2.93. The third kappa shape index (κ3) is 3.01. The van der Waals surface area contributed by atoms with Gasteiger partial charge in [0.05, 0.1) is 22.6 Å². The van der Waals surface area contributed by atoms with Gasteiger partial charge < -0.3 is 5.32 Å². The SMILES string of the molecule is O=C(Nc1cccc2cccnc12)c1ccc(N2CCCS2(=O)=O)cc1. The number of carbonyl (C=O) groups is 1. The molecule has 6 nitrogen and oxygen atoms in total. The molecule has 1 aliphatic heterocycles. The van der Waals surface area contributed by atoms with Crippen molar-refractivity contribution < 1.29 is 13.2 Å². The highest BCUT2D eigenvalue weighted by atomic mass is 32.2. The lowest BCUT2D eigenvalue weighted by atomic mass is 10.1. The zero-order valence-electron chi connectivity index (χ0n) is 13.9. The summed E-state index contributed by atoms with van der Waals surface area (Å²) in [5.41, 5.74) is 2.41. The molecular weight excluding hydrogens is 350 g/mol. The van der Waals surface area contributed by atoms with Crippen LogP contribution in [0.15, 0.2) is 60.8 Å². The summed E-state index contributed by atoms with van der Waals surface area (Å²) in [6.07, 6.45) is 2.31. The highest BCUT2D eigenvalue weighted by Gasteiger charge is 2.28. The Bertz CT molecular complexity index is 1070. The first-order valence-electron chi connectivity index (χ1n) is 8.30. The van der Waals surface area contributed by atoms with Crippen molar-refractivity contribution in [3.8, 4) is 0 Å². The second-order valence-corrected chi connectivity index (χ2v) is 8.14. The monoisotopic (exact) mass is 367 g/mol. The van der Waals surface area contributed by atoms with E-state index < -0.39 is 10.0 Å². The molecule has 3 aromatic rings. The van der Waals surface area contributed by atoms with Crippen molar-refractivity contribution in [3.05, 3.63) is 66.4 Å². The maximum Gasteiger partial charge on any atom is 0.255 e. The van der Waals surface area contributed by atoms with Crippen molar-refractivity contribution >= 4 is 38.2 Å². The van der Waals surface area contributed by atoms with E-state index in [1.54, 1.807) is 36.5 Å². The van der Waals surface area contributed by atoms with Crippen LogP contribution in [0.25, 0.3) is 10.9 Å². The lowest BCUT2D eigenvalue weighted by Crippen LogP contribution is -2.25. The van der Waals surface area contributed by atoms with Crippen LogP contribution in [0.2, 0.25) is 0 Å². The minimum absolute atomic E-state index is 0.170. The molecule has 132 valence electrons. The maximum absolute atomic E-state index is 12.5. The number of aromatic nitrogens is 1. The van der Waals surface area contributed by atoms with Crippen molar-refractivity contribution in [2.75, 3.05) is 21.9 Å². The lowest BCUT2D eigenvalue weighted by Gasteiger charge is -2.17. The quantitative estimate of drug-likeness (QED) is 0.772. The van der Waals surface area contributed by atoms with Crippen LogP contribution < -0.4 is 9.62 Å². The Kier molecular flexibility index (Phi) is 4.08. The number of pyridine rings is 1. The van der Waals surface area contributed by atoms with Gasteiger partial charge in [0, 0.05) is 23.7 Å². The Morgan fingerprint density at radius 2 is 1.81 bits per heavy atom. The average molecular weight is 367 g/mol. The van der Waals surface area contributed by atoms with E-state index in [1.165, 1.54) is 4.31 Å². The number of anilines is 2. The Morgan fingerprint density at radius 1 is 1.04 bits per heavy atom. The number of sulfonamides is 1. The van der Waals surface area contributed by atoms with Crippen molar-refractivity contribution in [2.45, 2.75) is 6.42 Å². The third-order valence-corrected chi connectivity index (χ3v) is 6.27. The second-order valence-electron chi connectivity index (χ2n) is 6.12. The van der Waals surface area contributed by atoms with E-state index in [0.29, 0.717) is 29.9 Å². The fourth-order valence-electron chi connectivity index (χ4n) is 3.11. The molecule has 0 spiro atoms. The first-order chi connectivity index (χ1) is 12.5. The predicted octanol–water partition coefficient (Wildman–Crippen LogP) is 3.03. The molecule has 0 aliphatic carbocycles. The molecule has 0 atom stereocenters. The molecule has 1 N–H and O–H groups in total. The molecule has 1 amide bonds. The third-order valence-electron chi connectivity index (χ3n) is 4.40. The van der Waals surface area contributed by atoms with Gasteiger partial charge in [0.1, 0.15) is 0 Å². The summed E-state index contributed by atoms with van der Waals surface area (Å²) >= 11 is 0. The van der Waals surface area contributed by atoms with Gasteiger partial charge in [-0.05, 0) is 42.8 Å². The minimum Gasteiger partial charge on any atom is -0.320 e. The van der Waals surface area contributed by atoms with E-state index in [0.717, 1.165) is 10.9 Å². The molecule has 26 heavy (non-hydrogen) atoms. The highest BCUT2D eigenvalue weighted by molar-refractivity contribution is 7.93. The summed E-state index contributed by atoms with van der Waals surface area (Å²) in [4.78, 5) is 16.9. The van der Waals surface area contributed by atoms with Crippen LogP contribution in [0, 0.1) is 0 Å². The number of nitrogens with zero attached hydrogens (tertiary/aromatic N) is 2. The molecule has 1 saturated heterocycles. The van der Waals surface area contributed by atoms with Gasteiger partial charge >= 0.3 is 0 Å². The zero-order chi connectivity index (χ0) is 18.1. The summed E-state index contributed by atoms with van der Waals surface area (Å²) in [7, 11) is -3.22. The average Bonchev–Trinajstić information content (AvgIpc) is 3.01. The molecule has 1 aliphatic rings. The van der Waals surface area contributed by atoms with Crippen LogP contribution in [-0.2, 0) is 10.0 Å². The molecule has 0 saturated carbocycles. The first-order valence-corrected chi connectivity index (χ1v) is 9.91. The summed E-state index contributed by atoms with van der Waals surface area (Å²) < 4.78 is 25.4. The second kappa shape index (κ2) is 6.42. The number of hydrogen-bond donors (Lipinski definition) is 1. The maximum atomic E-state index is 12.5. The van der Waals surface area contributed by atoms with Crippen LogP contribution in [-0.4, -0.2) is 31.6 Å². The molecule has 2 heterocycles. The molecule has 1 fully saturated rings. The summed E-state index contributed by atoms with van der Waals surface area (Å²) in [6.45, 7) is 0.482. The number of hydrogen-bond acceptors (Lipinski definition) is 4. The van der Waals surface area contributed by atoms with Crippen molar-refractivity contribution in [1.29, 1.82) is 0 Å². The van der Waals surface area contributed by atoms with Crippen LogP contribution >= 0.6 is 0 Å². The van der Waals surface area contributed by atoms with E-state index >= 15 is 0 Å². The molecule has 4 rings (SSSR count). The lowest BCUT2D eigenvalue weighted by molar-refractivity contribution is 0.102. The fraction of sp³-hybridized carbons (Fsp3) is 0.158. The number of nitrogens with one attached hydrogen (secondary N) is 1. The van der Waals surface area contributed by atoms with Crippen LogP contribution in [0.4, 0.5) is 11.4 Å². The van der Waals surface area contributed by atoms with Crippen molar-refractivity contribution in [3.63, 3.8) is 0 Å². The number of carbonyl (C=O) groups excluding carboxylic acids is 1. The summed E-state index contributed by atoms with van der Waals surface area (Å²) in [5, 5.41) is 3.82. The van der Waals surface area contributed by atoms with Crippen LogP contribution in [0.5, 0.6) is 0 Å². The van der Waals surface area contributed by atoms with Crippen molar-refractivity contribution in [1.82, 2.24) is 4.98 Å². The largest absolute Gasteiger partial charge is 0.320 e. The Labute approximate surface area is 151 Å². The zero-order valence-corrected chi connectivity index (χ0v) is 14.7. The highest BCUT2D eigenvalue weighted by Crippen LogP contribution is 2.25. The van der Waals surface area contributed by atoms with E-state index in [-0.39, 0.29) is 11.7 Å². The van der Waals surface area contributed by atoms with Crippen LogP contribution in [0.3, 0.4) is 0 Å². The molecule has 1 aromatic heterocycles. The number of benzene rings is 2. The predicted molar refractivity (Wildman–Crippen MR) is 102 cm³/mol. The number of para-hydroxylation sites is 1. The van der Waals surface area contributed by atoms with Gasteiger partial charge in [-0.15, -0.1) is 0 Å². The van der Waals surface area contributed by atoms with Crippen molar-refractivity contribution in [2.24, 2.45) is 0 Å². The smallest absolute Gasteiger partial charge is 0.255 e. The van der Waals surface area contributed by atoms with Gasteiger partial charge in [-0.2, -0.15) is 0 Å². The van der Waals surface area contributed by atoms with Gasteiger partial charge in [0.2, 0.25) is 10.0 Å². The van der Waals surface area contributed by atoms with Crippen LogP contribution in [0.1, 0.15) is 16.8 Å². The van der Waals surface area contributed by atoms with Gasteiger partial charge in [-0.1, -0.05) is 18.2 Å². The first kappa shape index (κ1) is 16.5. The normalized spacial score (nSPS) is 15.9. The van der Waals surface area contributed by atoms with Gasteiger partial charge in [-0.25, -0.2) is 8.42 Å². The van der Waals surface area contributed by atoms with E-state index in [4.69, 9.17) is 0 Å². The summed E-state index contributed by atoms with van der Waals surface area (Å²) in [6, 6.07) is 16.0. The Morgan fingerprint density at radius 3 is 2.54 bits per heavy atom. The molecule has 7 heteroatoms. The van der Waals surface area contributed by atoms with E-state index in [2.05, 4.69) is 10.3 Å². The van der Waals surface area contributed by atoms with Gasteiger partial charge in [0.25, 0.3) is 5.91 Å². The molecule has 2 aromatic carbocycles. The van der Waals surface area contributed by atoms with Gasteiger partial charge in [0.15, 0.2) is 0 Å².